The monoisotopic (exact) mass is 418 g/mol. The number of benzene rings is 2. The second-order valence-corrected chi connectivity index (χ2v) is 8.47. The molecular weight excluding hydrogens is 392 g/mol. The van der Waals surface area contributed by atoms with Gasteiger partial charge in [0.1, 0.15) is 5.75 Å². The van der Waals surface area contributed by atoms with Crippen molar-refractivity contribution in [2.45, 2.75) is 45.2 Å². The van der Waals surface area contributed by atoms with Crippen molar-refractivity contribution in [1.82, 2.24) is 14.9 Å². The first kappa shape index (κ1) is 20.7. The summed E-state index contributed by atoms with van der Waals surface area (Å²) >= 11 is 0. The summed E-state index contributed by atoms with van der Waals surface area (Å²) in [6.45, 7) is 5.63. The lowest BCUT2D eigenvalue weighted by atomic mass is 9.93. The van der Waals surface area contributed by atoms with E-state index >= 15 is 0 Å². The minimum Gasteiger partial charge on any atom is -0.508 e. The van der Waals surface area contributed by atoms with E-state index < -0.39 is 5.54 Å². The van der Waals surface area contributed by atoms with Gasteiger partial charge in [-0.05, 0) is 57.4 Å². The largest absolute Gasteiger partial charge is 0.508 e. The second-order valence-electron chi connectivity index (χ2n) is 8.47. The predicted octanol–water partition coefficient (Wildman–Crippen LogP) is 3.49. The number of hydrogen-bond donors (Lipinski definition) is 3. The van der Waals surface area contributed by atoms with Gasteiger partial charge in [-0.3, -0.25) is 14.2 Å². The maximum absolute atomic E-state index is 13.3. The summed E-state index contributed by atoms with van der Waals surface area (Å²) in [5.41, 5.74) is 1.58. The zero-order chi connectivity index (χ0) is 22.2. The van der Waals surface area contributed by atoms with Crippen molar-refractivity contribution in [2.24, 2.45) is 0 Å². The predicted molar refractivity (Wildman–Crippen MR) is 120 cm³/mol. The van der Waals surface area contributed by atoms with Crippen molar-refractivity contribution < 1.29 is 9.90 Å². The number of phenols is 1. The number of hydrogen-bond acceptors (Lipinski definition) is 5. The van der Waals surface area contributed by atoms with Crippen LogP contribution in [0.3, 0.4) is 0 Å². The van der Waals surface area contributed by atoms with E-state index in [0.29, 0.717) is 16.8 Å². The van der Waals surface area contributed by atoms with E-state index in [2.05, 4.69) is 15.6 Å². The van der Waals surface area contributed by atoms with Gasteiger partial charge in [0.15, 0.2) is 5.82 Å². The quantitative estimate of drug-likeness (QED) is 0.570. The van der Waals surface area contributed by atoms with E-state index in [4.69, 9.17) is 0 Å². The molecule has 3 aromatic rings. The summed E-state index contributed by atoms with van der Waals surface area (Å²) in [5.74, 6) is 0.161. The molecule has 1 amide bonds. The summed E-state index contributed by atoms with van der Waals surface area (Å²) in [4.78, 5) is 30.0. The van der Waals surface area contributed by atoms with Gasteiger partial charge in [0, 0.05) is 29.6 Å². The Kier molecular flexibility index (Phi) is 5.27. The van der Waals surface area contributed by atoms with Crippen molar-refractivity contribution in [3.05, 3.63) is 81.9 Å². The zero-order valence-corrected chi connectivity index (χ0v) is 17.8. The van der Waals surface area contributed by atoms with Crippen LogP contribution in [0.15, 0.2) is 59.7 Å². The Morgan fingerprint density at radius 1 is 1.19 bits per heavy atom. The lowest BCUT2D eigenvalue weighted by molar-refractivity contribution is 0.0951. The number of carbonyl (C=O) groups is 1. The molecule has 1 aliphatic rings. The molecule has 4 rings (SSSR count). The maximum atomic E-state index is 13.3. The van der Waals surface area contributed by atoms with Crippen LogP contribution in [0.2, 0.25) is 0 Å². The van der Waals surface area contributed by atoms with Crippen LogP contribution in [-0.2, 0) is 5.54 Å². The Morgan fingerprint density at radius 3 is 2.65 bits per heavy atom. The topological polar surface area (TPSA) is 96.2 Å². The third kappa shape index (κ3) is 4.30. The number of phenolic OH excluding ortho intramolecular Hbond substituents is 1. The fraction of sp³-hybridized carbons (Fsp3) is 0.292. The number of amides is 1. The van der Waals surface area contributed by atoms with Crippen molar-refractivity contribution in [3.63, 3.8) is 0 Å². The molecule has 160 valence electrons. The fourth-order valence-electron chi connectivity index (χ4n) is 3.56. The summed E-state index contributed by atoms with van der Waals surface area (Å²) < 4.78 is 1.49. The third-order valence-electron chi connectivity index (χ3n) is 5.49. The summed E-state index contributed by atoms with van der Waals surface area (Å²) in [6, 6.07) is 12.6. The summed E-state index contributed by atoms with van der Waals surface area (Å²) in [7, 11) is 0. The number of anilines is 1. The molecule has 1 saturated carbocycles. The second kappa shape index (κ2) is 7.91. The highest BCUT2D eigenvalue weighted by Crippen LogP contribution is 2.30. The molecule has 1 heterocycles. The van der Waals surface area contributed by atoms with Gasteiger partial charge in [0.25, 0.3) is 11.5 Å². The minimum atomic E-state index is -0.738. The molecule has 0 radical (unpaired) electrons. The fourth-order valence-corrected chi connectivity index (χ4v) is 3.56. The lowest BCUT2D eigenvalue weighted by Gasteiger charge is -2.28. The Hall–Kier alpha value is -3.61. The number of aryl methyl sites for hydroxylation is 1. The lowest BCUT2D eigenvalue weighted by Crippen LogP contribution is -2.34. The number of para-hydroxylation sites is 1. The molecule has 1 aliphatic carbocycles. The smallest absolute Gasteiger partial charge is 0.297 e. The van der Waals surface area contributed by atoms with Gasteiger partial charge < -0.3 is 15.7 Å². The molecule has 0 saturated heterocycles. The average molecular weight is 418 g/mol. The van der Waals surface area contributed by atoms with Crippen LogP contribution in [-0.4, -0.2) is 26.6 Å². The van der Waals surface area contributed by atoms with Crippen LogP contribution < -0.4 is 16.2 Å². The molecule has 0 aliphatic heterocycles. The number of aromatic hydroxyl groups is 1. The minimum absolute atomic E-state index is 0.134. The number of rotatable bonds is 6. The molecule has 0 spiro atoms. The highest BCUT2D eigenvalue weighted by Gasteiger charge is 2.26. The molecule has 1 aromatic heterocycles. The van der Waals surface area contributed by atoms with E-state index in [9.17, 15) is 14.7 Å². The Labute approximate surface area is 180 Å². The van der Waals surface area contributed by atoms with Crippen LogP contribution in [0.4, 0.5) is 5.82 Å². The van der Waals surface area contributed by atoms with Gasteiger partial charge in [0.05, 0.1) is 11.2 Å². The highest BCUT2D eigenvalue weighted by atomic mass is 16.3. The number of nitrogens with zero attached hydrogens (tertiary/aromatic N) is 2. The van der Waals surface area contributed by atoms with Gasteiger partial charge in [-0.2, -0.15) is 0 Å². The van der Waals surface area contributed by atoms with Crippen LogP contribution in [0.5, 0.6) is 5.75 Å². The third-order valence-corrected chi connectivity index (χ3v) is 5.49. The first-order valence-corrected chi connectivity index (χ1v) is 10.3. The van der Waals surface area contributed by atoms with E-state index in [1.165, 1.54) is 4.57 Å². The van der Waals surface area contributed by atoms with Crippen LogP contribution in [0, 0.1) is 6.92 Å². The Bertz CT molecular complexity index is 1200. The van der Waals surface area contributed by atoms with Gasteiger partial charge in [0.2, 0.25) is 0 Å². The molecule has 1 fully saturated rings. The molecule has 2 aromatic carbocycles. The molecular formula is C24H26N4O3. The number of carbonyl (C=O) groups excluding carboxylic acids is 1. The zero-order valence-electron chi connectivity index (χ0n) is 17.8. The number of aromatic nitrogens is 2. The van der Waals surface area contributed by atoms with E-state index in [-0.39, 0.29) is 29.1 Å². The van der Waals surface area contributed by atoms with Gasteiger partial charge in [-0.1, -0.05) is 24.3 Å². The first-order chi connectivity index (χ1) is 14.8. The van der Waals surface area contributed by atoms with Crippen LogP contribution in [0.25, 0.3) is 5.69 Å². The van der Waals surface area contributed by atoms with Crippen LogP contribution in [0.1, 0.15) is 48.2 Å². The van der Waals surface area contributed by atoms with E-state index in [1.807, 2.05) is 32.9 Å². The Balaban J connectivity index is 1.69. The van der Waals surface area contributed by atoms with Gasteiger partial charge >= 0.3 is 0 Å². The molecule has 31 heavy (non-hydrogen) atoms. The average Bonchev–Trinajstić information content (AvgIpc) is 3.54. The molecule has 0 bridgehead atoms. The van der Waals surface area contributed by atoms with Crippen LogP contribution >= 0.6 is 0 Å². The van der Waals surface area contributed by atoms with Crippen molar-refractivity contribution >= 4 is 11.7 Å². The first-order valence-electron chi connectivity index (χ1n) is 10.3. The van der Waals surface area contributed by atoms with Crippen molar-refractivity contribution in [3.8, 4) is 11.4 Å². The van der Waals surface area contributed by atoms with Crippen molar-refractivity contribution in [2.75, 3.05) is 5.32 Å². The van der Waals surface area contributed by atoms with E-state index in [1.54, 1.807) is 42.7 Å². The molecule has 3 N–H and O–H groups in total. The summed E-state index contributed by atoms with van der Waals surface area (Å²) in [5, 5.41) is 16.4. The molecule has 0 atom stereocenters. The van der Waals surface area contributed by atoms with Gasteiger partial charge in [-0.15, -0.1) is 0 Å². The molecule has 7 nitrogen and oxygen atoms in total. The molecule has 7 heteroatoms. The normalized spacial score (nSPS) is 13.6. The summed E-state index contributed by atoms with van der Waals surface area (Å²) in [6.07, 6.45) is 5.15. The maximum Gasteiger partial charge on any atom is 0.297 e. The number of nitrogens with one attached hydrogen (secondary N) is 2. The van der Waals surface area contributed by atoms with Gasteiger partial charge in [-0.25, -0.2) is 4.98 Å². The van der Waals surface area contributed by atoms with Crippen molar-refractivity contribution in [1.29, 1.82) is 0 Å². The molecule has 0 unspecified atom stereocenters. The standard InChI is InChI=1S/C24H26N4O3/c1-15-8-9-16(22(30)26-17-10-11-17)14-19(15)28-13-12-25-21(23(28)31)27-24(2,3)18-6-4-5-7-20(18)29/h4-9,12-14,17,29H,10-11H2,1-3H3,(H,25,27)(H,26,30). The Morgan fingerprint density at radius 2 is 1.94 bits per heavy atom. The SMILES string of the molecule is Cc1ccc(C(=O)NC2CC2)cc1-n1ccnc(NC(C)(C)c2ccccc2O)c1=O. The van der Waals surface area contributed by atoms with E-state index in [0.717, 1.165) is 18.4 Å². The highest BCUT2D eigenvalue weighted by molar-refractivity contribution is 5.95.